The molecule has 2 atom stereocenters. The Morgan fingerprint density at radius 1 is 1.04 bits per heavy atom. The number of benzene rings is 2. The average molecular weight is 377 g/mol. The van der Waals surface area contributed by atoms with E-state index in [0.29, 0.717) is 5.92 Å². The molecule has 0 spiro atoms. The topological polar surface area (TPSA) is 41.6 Å². The van der Waals surface area contributed by atoms with Crippen LogP contribution in [0.4, 0.5) is 4.79 Å². The highest BCUT2D eigenvalue weighted by molar-refractivity contribution is 5.70. The summed E-state index contributed by atoms with van der Waals surface area (Å²) in [5.74, 6) is 0.541. The molecule has 1 N–H and O–H groups in total. The van der Waals surface area contributed by atoms with Crippen LogP contribution in [0.25, 0.3) is 11.1 Å². The molecule has 3 aliphatic heterocycles. The Labute approximate surface area is 166 Å². The lowest BCUT2D eigenvalue weighted by Gasteiger charge is -2.43. The van der Waals surface area contributed by atoms with Crippen LogP contribution in [0.15, 0.2) is 42.5 Å². The number of nitrogens with one attached hydrogen (secondary N) is 1. The van der Waals surface area contributed by atoms with Gasteiger partial charge in [0.2, 0.25) is 0 Å². The molecule has 6 rings (SSSR count). The zero-order chi connectivity index (χ0) is 19.1. The van der Waals surface area contributed by atoms with Crippen molar-refractivity contribution in [2.45, 2.75) is 44.8 Å². The molecule has 3 fully saturated rings. The molecular formula is C24H28N2O2. The zero-order valence-electron chi connectivity index (χ0n) is 16.5. The fourth-order valence-electron chi connectivity index (χ4n) is 5.04. The van der Waals surface area contributed by atoms with Crippen molar-refractivity contribution < 1.29 is 9.53 Å². The van der Waals surface area contributed by atoms with Crippen LogP contribution < -0.4 is 5.32 Å². The van der Waals surface area contributed by atoms with Gasteiger partial charge in [-0.2, -0.15) is 0 Å². The Bertz CT molecular complexity index is 869. The van der Waals surface area contributed by atoms with Crippen LogP contribution in [0.1, 0.15) is 42.0 Å². The summed E-state index contributed by atoms with van der Waals surface area (Å²) in [5.41, 5.74) is 6.26. The zero-order valence-corrected chi connectivity index (χ0v) is 16.5. The highest BCUT2D eigenvalue weighted by Crippen LogP contribution is 2.35. The maximum absolute atomic E-state index is 12.6. The van der Waals surface area contributed by atoms with E-state index in [1.165, 1.54) is 27.8 Å². The number of hydrogen-bond donors (Lipinski definition) is 1. The number of carbonyl (C=O) groups is 1. The van der Waals surface area contributed by atoms with Crippen molar-refractivity contribution in [3.05, 3.63) is 59.2 Å². The number of fused-ring (bicyclic) bond motifs is 4. The van der Waals surface area contributed by atoms with Gasteiger partial charge in [0.1, 0.15) is 6.10 Å². The van der Waals surface area contributed by atoms with Gasteiger partial charge in [-0.1, -0.05) is 42.0 Å². The van der Waals surface area contributed by atoms with Gasteiger partial charge in [-0.05, 0) is 79.9 Å². The molecular weight excluding hydrogens is 348 g/mol. The van der Waals surface area contributed by atoms with E-state index in [2.05, 4.69) is 59.6 Å². The van der Waals surface area contributed by atoms with Gasteiger partial charge in [-0.3, -0.25) is 4.90 Å². The van der Waals surface area contributed by atoms with Gasteiger partial charge < -0.3 is 10.1 Å². The summed E-state index contributed by atoms with van der Waals surface area (Å²) >= 11 is 0. The Morgan fingerprint density at radius 3 is 2.50 bits per heavy atom. The van der Waals surface area contributed by atoms with Gasteiger partial charge in [0, 0.05) is 6.54 Å². The van der Waals surface area contributed by atoms with Crippen molar-refractivity contribution >= 4 is 6.09 Å². The van der Waals surface area contributed by atoms with E-state index < -0.39 is 0 Å². The molecule has 3 heterocycles. The van der Waals surface area contributed by atoms with Crippen molar-refractivity contribution in [1.82, 2.24) is 10.2 Å². The van der Waals surface area contributed by atoms with Crippen molar-refractivity contribution in [1.29, 1.82) is 0 Å². The first kappa shape index (κ1) is 17.7. The van der Waals surface area contributed by atoms with Gasteiger partial charge in [-0.15, -0.1) is 0 Å². The van der Waals surface area contributed by atoms with Crippen LogP contribution >= 0.6 is 0 Å². The van der Waals surface area contributed by atoms with Crippen LogP contribution in [-0.4, -0.2) is 36.7 Å². The molecule has 2 aromatic carbocycles. The number of aryl methyl sites for hydroxylation is 2. The molecule has 1 aliphatic carbocycles. The number of hydrogen-bond acceptors (Lipinski definition) is 3. The fraction of sp³-hybridized carbons (Fsp3) is 0.458. The number of piperidine rings is 3. The molecule has 2 aromatic rings. The predicted octanol–water partition coefficient (Wildman–Crippen LogP) is 4.47. The lowest BCUT2D eigenvalue weighted by molar-refractivity contribution is -0.0339. The van der Waals surface area contributed by atoms with Crippen molar-refractivity contribution in [2.75, 3.05) is 19.6 Å². The molecule has 4 heteroatoms. The molecule has 2 bridgehead atoms. The second-order valence-electron chi connectivity index (χ2n) is 8.60. The Hall–Kier alpha value is -2.33. The molecule has 1 amide bonds. The minimum absolute atomic E-state index is 0.0500. The number of ether oxygens (including phenoxy) is 1. The van der Waals surface area contributed by atoms with Gasteiger partial charge in [-0.25, -0.2) is 4.79 Å². The second-order valence-corrected chi connectivity index (χ2v) is 8.60. The van der Waals surface area contributed by atoms with Gasteiger partial charge in [0.25, 0.3) is 0 Å². The Morgan fingerprint density at radius 2 is 1.79 bits per heavy atom. The molecule has 0 radical (unpaired) electrons. The number of nitrogens with zero attached hydrogens (tertiary/aromatic N) is 1. The minimum Gasteiger partial charge on any atom is -0.445 e. The van der Waals surface area contributed by atoms with Crippen LogP contribution in [0, 0.1) is 12.8 Å². The molecule has 146 valence electrons. The van der Waals surface area contributed by atoms with Crippen molar-refractivity contribution in [2.24, 2.45) is 5.92 Å². The number of rotatable bonds is 3. The van der Waals surface area contributed by atoms with E-state index in [0.717, 1.165) is 45.3 Å². The number of amides is 1. The van der Waals surface area contributed by atoms with Crippen LogP contribution in [0.5, 0.6) is 0 Å². The number of carbonyl (C=O) groups excluding carboxylic acids is 1. The molecule has 1 unspecified atom stereocenters. The molecule has 4 nitrogen and oxygen atoms in total. The normalized spacial score (nSPS) is 28.0. The Balaban J connectivity index is 1.28. The average Bonchev–Trinajstić information content (AvgIpc) is 3.11. The summed E-state index contributed by atoms with van der Waals surface area (Å²) in [5, 5.41) is 3.15. The third-order valence-electron chi connectivity index (χ3n) is 6.76. The first-order valence-electron chi connectivity index (χ1n) is 10.5. The quantitative estimate of drug-likeness (QED) is 0.859. The maximum Gasteiger partial charge on any atom is 0.407 e. The summed E-state index contributed by atoms with van der Waals surface area (Å²) < 4.78 is 5.84. The molecule has 0 aromatic heterocycles. The molecule has 0 saturated carbocycles. The van der Waals surface area contributed by atoms with E-state index in [1.807, 2.05) is 0 Å². The van der Waals surface area contributed by atoms with E-state index in [4.69, 9.17) is 4.74 Å². The summed E-state index contributed by atoms with van der Waals surface area (Å²) in [4.78, 5) is 15.0. The van der Waals surface area contributed by atoms with Gasteiger partial charge in [0.15, 0.2) is 0 Å². The lowest BCUT2D eigenvalue weighted by Crippen LogP contribution is -2.52. The van der Waals surface area contributed by atoms with E-state index in [1.54, 1.807) is 0 Å². The maximum atomic E-state index is 12.6. The fourth-order valence-corrected chi connectivity index (χ4v) is 5.04. The van der Waals surface area contributed by atoms with Crippen molar-refractivity contribution in [3.8, 4) is 11.1 Å². The van der Waals surface area contributed by atoms with E-state index >= 15 is 0 Å². The highest BCUT2D eigenvalue weighted by Gasteiger charge is 2.37. The first-order chi connectivity index (χ1) is 13.7. The van der Waals surface area contributed by atoms with Crippen LogP contribution in [0.2, 0.25) is 0 Å². The summed E-state index contributed by atoms with van der Waals surface area (Å²) in [6.07, 6.45) is 4.07. The van der Waals surface area contributed by atoms with Crippen molar-refractivity contribution in [3.63, 3.8) is 0 Å². The standard InChI is InChI=1S/C24H28N2O2/c1-16-2-4-17(5-3-16)20-7-6-18-8-9-22(21(18)14-20)25-24(27)28-23-15-26-12-10-19(23)11-13-26/h2-7,14,19,22-23H,8-13,15H2,1H3,(H,25,27)/t22?,23-/m0/s1. The van der Waals surface area contributed by atoms with E-state index in [9.17, 15) is 4.79 Å². The highest BCUT2D eigenvalue weighted by atomic mass is 16.6. The molecule has 4 aliphatic rings. The largest absolute Gasteiger partial charge is 0.445 e. The van der Waals surface area contributed by atoms with Crippen LogP contribution in [0.3, 0.4) is 0 Å². The smallest absolute Gasteiger partial charge is 0.407 e. The number of alkyl carbamates (subject to hydrolysis) is 1. The third-order valence-corrected chi connectivity index (χ3v) is 6.76. The summed E-state index contributed by atoms with van der Waals surface area (Å²) in [6.45, 7) is 5.32. The second kappa shape index (κ2) is 7.25. The summed E-state index contributed by atoms with van der Waals surface area (Å²) in [7, 11) is 0. The Kier molecular flexibility index (Phi) is 4.59. The molecule has 28 heavy (non-hydrogen) atoms. The third kappa shape index (κ3) is 3.42. The van der Waals surface area contributed by atoms with Crippen LogP contribution in [-0.2, 0) is 11.2 Å². The summed E-state index contributed by atoms with van der Waals surface area (Å²) in [6, 6.07) is 15.3. The lowest BCUT2D eigenvalue weighted by atomic mass is 9.86. The first-order valence-corrected chi connectivity index (χ1v) is 10.5. The van der Waals surface area contributed by atoms with Gasteiger partial charge in [0.05, 0.1) is 6.04 Å². The SMILES string of the molecule is Cc1ccc(-c2ccc3c(c2)C(NC(=O)O[C@H]2CN4CCC2CC4)CC3)cc1. The van der Waals surface area contributed by atoms with E-state index in [-0.39, 0.29) is 18.2 Å². The monoisotopic (exact) mass is 376 g/mol. The molecule has 3 saturated heterocycles. The predicted molar refractivity (Wildman–Crippen MR) is 110 cm³/mol. The van der Waals surface area contributed by atoms with Gasteiger partial charge >= 0.3 is 6.09 Å². The minimum atomic E-state index is -0.252.